The van der Waals surface area contributed by atoms with Crippen molar-refractivity contribution in [2.75, 3.05) is 13.2 Å². The highest BCUT2D eigenvalue weighted by atomic mass is 35.5. The Morgan fingerprint density at radius 2 is 2.00 bits per heavy atom. The van der Waals surface area contributed by atoms with Crippen LogP contribution < -0.4 is 5.32 Å². The molecule has 0 aromatic heterocycles. The maximum absolute atomic E-state index is 11.3. The fourth-order valence-electron chi connectivity index (χ4n) is 1.18. The minimum absolute atomic E-state index is 0.0559. The van der Waals surface area contributed by atoms with E-state index in [1.807, 2.05) is 0 Å². The van der Waals surface area contributed by atoms with E-state index in [9.17, 15) is 4.79 Å². The van der Waals surface area contributed by atoms with Crippen LogP contribution in [0.3, 0.4) is 0 Å². The highest BCUT2D eigenvalue weighted by Gasteiger charge is 2.02. The molecule has 0 saturated heterocycles. The first kappa shape index (κ1) is 14.0. The molecule has 0 radical (unpaired) electrons. The maximum Gasteiger partial charge on any atom is 0.244 e. The van der Waals surface area contributed by atoms with E-state index in [0.717, 1.165) is 0 Å². The third-order valence-electron chi connectivity index (χ3n) is 2.04. The molecule has 0 unspecified atom stereocenters. The number of amides is 1. The highest BCUT2D eigenvalue weighted by molar-refractivity contribution is 6.37. The lowest BCUT2D eigenvalue weighted by Crippen LogP contribution is -2.22. The van der Waals surface area contributed by atoms with Crippen LogP contribution in [-0.2, 0) is 4.79 Å². The van der Waals surface area contributed by atoms with Crippen LogP contribution in [0.5, 0.6) is 0 Å². The van der Waals surface area contributed by atoms with Gasteiger partial charge in [-0.2, -0.15) is 0 Å². The van der Waals surface area contributed by atoms with Crippen molar-refractivity contribution in [3.63, 3.8) is 0 Å². The molecule has 0 heterocycles. The fraction of sp³-hybridized carbons (Fsp3) is 0.250. The first-order valence-corrected chi connectivity index (χ1v) is 5.91. The third-order valence-corrected chi connectivity index (χ3v) is 2.69. The number of carbonyl (C=O) groups is 1. The molecule has 0 spiro atoms. The Morgan fingerprint density at radius 1 is 1.35 bits per heavy atom. The van der Waals surface area contributed by atoms with Gasteiger partial charge in [0, 0.05) is 34.8 Å². The number of benzene rings is 1. The van der Waals surface area contributed by atoms with Gasteiger partial charge in [-0.25, -0.2) is 0 Å². The van der Waals surface area contributed by atoms with Crippen LogP contribution in [0.4, 0.5) is 0 Å². The summed E-state index contributed by atoms with van der Waals surface area (Å²) in [5, 5.41) is 12.2. The molecule has 5 heteroatoms. The molecule has 0 fully saturated rings. The van der Waals surface area contributed by atoms with Gasteiger partial charge in [0.05, 0.1) is 0 Å². The molecule has 3 nitrogen and oxygen atoms in total. The fourth-order valence-corrected chi connectivity index (χ4v) is 1.70. The largest absolute Gasteiger partial charge is 0.396 e. The molecule has 2 N–H and O–H groups in total. The lowest BCUT2D eigenvalue weighted by atomic mass is 10.2. The molecule has 1 aromatic carbocycles. The van der Waals surface area contributed by atoms with Crippen molar-refractivity contribution in [3.05, 3.63) is 39.9 Å². The van der Waals surface area contributed by atoms with Crippen molar-refractivity contribution < 1.29 is 9.90 Å². The quantitative estimate of drug-likeness (QED) is 0.640. The zero-order chi connectivity index (χ0) is 12.7. The molecule has 92 valence electrons. The molecule has 1 rings (SSSR count). The van der Waals surface area contributed by atoms with Gasteiger partial charge in [0.25, 0.3) is 0 Å². The number of aliphatic hydroxyl groups is 1. The second kappa shape index (κ2) is 7.33. The third kappa shape index (κ3) is 4.77. The predicted molar refractivity (Wildman–Crippen MR) is 70.2 cm³/mol. The molecule has 0 aliphatic heterocycles. The molecule has 0 aliphatic carbocycles. The summed E-state index contributed by atoms with van der Waals surface area (Å²) in [6.45, 7) is 0.496. The molecule has 0 bridgehead atoms. The summed E-state index contributed by atoms with van der Waals surface area (Å²) in [6, 6.07) is 5.15. The molecular weight excluding hydrogens is 261 g/mol. The number of rotatable bonds is 5. The van der Waals surface area contributed by atoms with Gasteiger partial charge >= 0.3 is 0 Å². The number of hydrogen-bond donors (Lipinski definition) is 2. The SMILES string of the molecule is O=C(/C=C/c1c(Cl)cccc1Cl)NCCCO. The van der Waals surface area contributed by atoms with Crippen LogP contribution in [0, 0.1) is 0 Å². The Kier molecular flexibility index (Phi) is 6.05. The van der Waals surface area contributed by atoms with Crippen LogP contribution in [0.1, 0.15) is 12.0 Å². The number of carbonyl (C=O) groups excluding carboxylic acids is 1. The topological polar surface area (TPSA) is 49.3 Å². The van der Waals surface area contributed by atoms with Crippen molar-refractivity contribution in [3.8, 4) is 0 Å². The standard InChI is InChI=1S/C12H13Cl2NO2/c13-10-3-1-4-11(14)9(10)5-6-12(17)15-7-2-8-16/h1,3-6,16H,2,7-8H2,(H,15,17)/b6-5+. The number of aliphatic hydroxyl groups excluding tert-OH is 1. The van der Waals surface area contributed by atoms with Crippen molar-refractivity contribution in [1.29, 1.82) is 0 Å². The molecule has 17 heavy (non-hydrogen) atoms. The lowest BCUT2D eigenvalue weighted by Gasteiger charge is -2.01. The van der Waals surface area contributed by atoms with E-state index in [2.05, 4.69) is 5.32 Å². The lowest BCUT2D eigenvalue weighted by molar-refractivity contribution is -0.116. The van der Waals surface area contributed by atoms with Crippen LogP contribution in [-0.4, -0.2) is 24.2 Å². The second-order valence-electron chi connectivity index (χ2n) is 3.34. The first-order chi connectivity index (χ1) is 8.15. The van der Waals surface area contributed by atoms with Gasteiger partial charge in [-0.05, 0) is 24.6 Å². The van der Waals surface area contributed by atoms with Gasteiger partial charge in [-0.1, -0.05) is 29.3 Å². The van der Waals surface area contributed by atoms with E-state index in [1.165, 1.54) is 6.08 Å². The molecule has 0 atom stereocenters. The van der Waals surface area contributed by atoms with E-state index in [-0.39, 0.29) is 12.5 Å². The molecule has 0 saturated carbocycles. The van der Waals surface area contributed by atoms with E-state index >= 15 is 0 Å². The van der Waals surface area contributed by atoms with Crippen LogP contribution in [0.25, 0.3) is 6.08 Å². The number of hydrogen-bond acceptors (Lipinski definition) is 2. The van der Waals surface area contributed by atoms with E-state index in [1.54, 1.807) is 24.3 Å². The normalized spacial score (nSPS) is 10.8. The van der Waals surface area contributed by atoms with E-state index in [0.29, 0.717) is 28.6 Å². The van der Waals surface area contributed by atoms with E-state index < -0.39 is 0 Å². The Balaban J connectivity index is 2.61. The van der Waals surface area contributed by atoms with E-state index in [4.69, 9.17) is 28.3 Å². The summed E-state index contributed by atoms with van der Waals surface area (Å²) in [6.07, 6.45) is 3.47. The monoisotopic (exact) mass is 273 g/mol. The summed E-state index contributed by atoms with van der Waals surface area (Å²) >= 11 is 11.9. The summed E-state index contributed by atoms with van der Waals surface area (Å²) in [5.74, 6) is -0.241. The first-order valence-electron chi connectivity index (χ1n) is 5.16. The van der Waals surface area contributed by atoms with Crippen molar-refractivity contribution in [2.24, 2.45) is 0 Å². The van der Waals surface area contributed by atoms with Crippen molar-refractivity contribution in [1.82, 2.24) is 5.32 Å². The smallest absolute Gasteiger partial charge is 0.244 e. The average Bonchev–Trinajstić information content (AvgIpc) is 2.29. The summed E-state index contributed by atoms with van der Waals surface area (Å²) in [5.41, 5.74) is 0.619. The van der Waals surface area contributed by atoms with Crippen LogP contribution >= 0.6 is 23.2 Å². The van der Waals surface area contributed by atoms with Gasteiger partial charge < -0.3 is 10.4 Å². The molecule has 1 aromatic rings. The highest BCUT2D eigenvalue weighted by Crippen LogP contribution is 2.25. The zero-order valence-electron chi connectivity index (χ0n) is 9.12. The number of nitrogens with one attached hydrogen (secondary N) is 1. The average molecular weight is 274 g/mol. The molecule has 0 aliphatic rings. The maximum atomic E-state index is 11.3. The Bertz CT molecular complexity index is 399. The minimum Gasteiger partial charge on any atom is -0.396 e. The summed E-state index contributed by atoms with van der Waals surface area (Å²) in [4.78, 5) is 11.3. The van der Waals surface area contributed by atoms with Gasteiger partial charge in [-0.3, -0.25) is 4.79 Å². The van der Waals surface area contributed by atoms with Crippen molar-refractivity contribution >= 4 is 35.2 Å². The van der Waals surface area contributed by atoms with Crippen LogP contribution in [0.2, 0.25) is 10.0 Å². The predicted octanol–water partition coefficient (Wildman–Crippen LogP) is 2.51. The van der Waals surface area contributed by atoms with Gasteiger partial charge in [0.15, 0.2) is 0 Å². The zero-order valence-corrected chi connectivity index (χ0v) is 10.6. The Labute approximate surface area is 110 Å². The van der Waals surface area contributed by atoms with Crippen molar-refractivity contribution in [2.45, 2.75) is 6.42 Å². The number of halogens is 2. The van der Waals surface area contributed by atoms with Gasteiger partial charge in [0.1, 0.15) is 0 Å². The molecule has 1 amide bonds. The Hall–Kier alpha value is -1.03. The van der Waals surface area contributed by atoms with Gasteiger partial charge in [0.2, 0.25) is 5.91 Å². The molecular formula is C12H13Cl2NO2. The van der Waals surface area contributed by atoms with Crippen LogP contribution in [0.15, 0.2) is 24.3 Å². The second-order valence-corrected chi connectivity index (χ2v) is 4.15. The minimum atomic E-state index is -0.241. The summed E-state index contributed by atoms with van der Waals surface area (Å²) in [7, 11) is 0. The van der Waals surface area contributed by atoms with Gasteiger partial charge in [-0.15, -0.1) is 0 Å². The summed E-state index contributed by atoms with van der Waals surface area (Å²) < 4.78 is 0. The Morgan fingerprint density at radius 3 is 2.59 bits per heavy atom.